The van der Waals surface area contributed by atoms with Gasteiger partial charge >= 0.3 is 0 Å². The maximum Gasteiger partial charge on any atom is 0.0761 e. The largest absolute Gasteiger partial charge is 0.295 e. The summed E-state index contributed by atoms with van der Waals surface area (Å²) in [6.45, 7) is 1.36. The fraction of sp³-hybridized carbons (Fsp3) is 1.00. The van der Waals surface area contributed by atoms with Crippen LogP contribution in [0.3, 0.4) is 0 Å². The van der Waals surface area contributed by atoms with Gasteiger partial charge in [-0.05, 0) is 19.3 Å². The predicted octanol–water partition coefficient (Wildman–Crippen LogP) is 0.152. The number of nitrogens with one attached hydrogen (secondary N) is 1. The van der Waals surface area contributed by atoms with Crippen LogP contribution >= 0.6 is 0 Å². The van der Waals surface area contributed by atoms with Crippen LogP contribution in [0, 0.1) is 0 Å². The summed E-state index contributed by atoms with van der Waals surface area (Å²) in [4.78, 5) is 2.62. The van der Waals surface area contributed by atoms with E-state index in [2.05, 4.69) is 10.2 Å². The Morgan fingerprint density at radius 2 is 2.22 bits per heavy atom. The van der Waals surface area contributed by atoms with Crippen LogP contribution in [0.1, 0.15) is 19.3 Å². The SMILES string of the molecule is C1CC2CCN2C2NC12. The van der Waals surface area contributed by atoms with Gasteiger partial charge in [0.1, 0.15) is 0 Å². The van der Waals surface area contributed by atoms with E-state index in [1.54, 1.807) is 0 Å². The van der Waals surface area contributed by atoms with Gasteiger partial charge in [-0.3, -0.25) is 10.2 Å². The van der Waals surface area contributed by atoms with Crippen molar-refractivity contribution < 1.29 is 0 Å². The minimum Gasteiger partial charge on any atom is -0.295 e. The highest BCUT2D eigenvalue weighted by Crippen LogP contribution is 2.37. The summed E-state index contributed by atoms with van der Waals surface area (Å²) in [6, 6.07) is 1.86. The van der Waals surface area contributed by atoms with E-state index in [9.17, 15) is 0 Å². The summed E-state index contributed by atoms with van der Waals surface area (Å²) < 4.78 is 0. The van der Waals surface area contributed by atoms with Crippen LogP contribution < -0.4 is 5.32 Å². The Morgan fingerprint density at radius 1 is 1.22 bits per heavy atom. The second kappa shape index (κ2) is 1.32. The van der Waals surface area contributed by atoms with Crippen molar-refractivity contribution >= 4 is 0 Å². The average Bonchev–Trinajstić information content (AvgIpc) is 2.43. The molecule has 3 fully saturated rings. The fourth-order valence-electron chi connectivity index (χ4n) is 2.24. The zero-order valence-corrected chi connectivity index (χ0v) is 5.51. The van der Waals surface area contributed by atoms with Crippen LogP contribution in [0.2, 0.25) is 0 Å². The van der Waals surface area contributed by atoms with E-state index in [4.69, 9.17) is 0 Å². The van der Waals surface area contributed by atoms with Gasteiger partial charge in [-0.15, -0.1) is 0 Å². The molecule has 9 heavy (non-hydrogen) atoms. The lowest BCUT2D eigenvalue weighted by Crippen LogP contribution is -2.52. The molecular weight excluding hydrogens is 112 g/mol. The van der Waals surface area contributed by atoms with Crippen LogP contribution in [0.15, 0.2) is 0 Å². The molecule has 3 unspecified atom stereocenters. The maximum absolute atomic E-state index is 3.49. The van der Waals surface area contributed by atoms with Crippen molar-refractivity contribution in [1.82, 2.24) is 10.2 Å². The molecular formula is C7H12N2. The lowest BCUT2D eigenvalue weighted by molar-refractivity contribution is 0.0516. The molecule has 3 heterocycles. The third kappa shape index (κ3) is 0.485. The van der Waals surface area contributed by atoms with Crippen molar-refractivity contribution in [2.24, 2.45) is 0 Å². The second-order valence-electron chi connectivity index (χ2n) is 3.48. The molecule has 3 aliphatic heterocycles. The summed E-state index contributed by atoms with van der Waals surface area (Å²) in [6.07, 6.45) is 5.17. The number of nitrogens with zero attached hydrogens (tertiary/aromatic N) is 1. The summed E-state index contributed by atoms with van der Waals surface area (Å²) in [5.74, 6) is 0. The topological polar surface area (TPSA) is 25.2 Å². The van der Waals surface area contributed by atoms with Gasteiger partial charge in [0.15, 0.2) is 0 Å². The molecule has 3 aliphatic rings. The number of hydrogen-bond acceptors (Lipinski definition) is 2. The Morgan fingerprint density at radius 3 is 2.89 bits per heavy atom. The molecule has 2 nitrogen and oxygen atoms in total. The monoisotopic (exact) mass is 124 g/mol. The van der Waals surface area contributed by atoms with Gasteiger partial charge in [0.25, 0.3) is 0 Å². The molecule has 50 valence electrons. The quantitative estimate of drug-likeness (QED) is 0.465. The highest BCUT2D eigenvalue weighted by atomic mass is 15.4. The van der Waals surface area contributed by atoms with Gasteiger partial charge < -0.3 is 0 Å². The second-order valence-corrected chi connectivity index (χ2v) is 3.48. The average molecular weight is 124 g/mol. The molecule has 0 aromatic rings. The third-order valence-corrected chi connectivity index (χ3v) is 3.01. The minimum atomic E-state index is 0.817. The molecule has 0 aromatic heterocycles. The third-order valence-electron chi connectivity index (χ3n) is 3.01. The number of rotatable bonds is 0. The first kappa shape index (κ1) is 4.69. The molecule has 0 radical (unpaired) electrons. The maximum atomic E-state index is 3.49. The van der Waals surface area contributed by atoms with Gasteiger partial charge in [0.2, 0.25) is 0 Å². The van der Waals surface area contributed by atoms with E-state index in [1.165, 1.54) is 25.8 Å². The van der Waals surface area contributed by atoms with Crippen molar-refractivity contribution in [2.75, 3.05) is 6.54 Å². The van der Waals surface area contributed by atoms with E-state index in [0.29, 0.717) is 0 Å². The molecule has 1 N–H and O–H groups in total. The van der Waals surface area contributed by atoms with Crippen molar-refractivity contribution in [3.63, 3.8) is 0 Å². The van der Waals surface area contributed by atoms with Crippen LogP contribution in [0.5, 0.6) is 0 Å². The first-order valence-electron chi connectivity index (χ1n) is 3.97. The molecule has 0 aliphatic carbocycles. The van der Waals surface area contributed by atoms with Gasteiger partial charge in [-0.25, -0.2) is 0 Å². The van der Waals surface area contributed by atoms with Gasteiger partial charge in [-0.1, -0.05) is 0 Å². The highest BCUT2D eigenvalue weighted by Gasteiger charge is 2.50. The van der Waals surface area contributed by atoms with E-state index in [1.807, 2.05) is 0 Å². The van der Waals surface area contributed by atoms with E-state index in [0.717, 1.165) is 18.2 Å². The van der Waals surface area contributed by atoms with Gasteiger partial charge in [0.05, 0.1) is 6.17 Å². The van der Waals surface area contributed by atoms with Crippen molar-refractivity contribution in [1.29, 1.82) is 0 Å². The molecule has 3 saturated heterocycles. The molecule has 2 heteroatoms. The summed E-state index contributed by atoms with van der Waals surface area (Å²) in [7, 11) is 0. The van der Waals surface area contributed by atoms with E-state index < -0.39 is 0 Å². The fourth-order valence-corrected chi connectivity index (χ4v) is 2.24. The minimum absolute atomic E-state index is 0.817. The Labute approximate surface area is 55.2 Å². The molecule has 0 spiro atoms. The summed E-state index contributed by atoms with van der Waals surface area (Å²) in [5, 5.41) is 3.49. The van der Waals surface area contributed by atoms with Crippen molar-refractivity contribution in [3.05, 3.63) is 0 Å². The van der Waals surface area contributed by atoms with Gasteiger partial charge in [-0.2, -0.15) is 0 Å². The molecule has 3 atom stereocenters. The molecule has 0 amide bonds. The molecule has 0 saturated carbocycles. The first-order chi connectivity index (χ1) is 4.45. The van der Waals surface area contributed by atoms with Crippen LogP contribution in [-0.4, -0.2) is 29.7 Å². The van der Waals surface area contributed by atoms with Crippen LogP contribution in [0.25, 0.3) is 0 Å². The Balaban J connectivity index is 1.82. The van der Waals surface area contributed by atoms with Crippen molar-refractivity contribution in [2.45, 2.75) is 37.5 Å². The van der Waals surface area contributed by atoms with E-state index in [-0.39, 0.29) is 0 Å². The normalized spacial score (nSPS) is 55.3. The molecule has 0 aromatic carbocycles. The number of fused-ring (bicyclic) bond motifs is 3. The van der Waals surface area contributed by atoms with Crippen LogP contribution in [0.4, 0.5) is 0 Å². The van der Waals surface area contributed by atoms with Crippen LogP contribution in [-0.2, 0) is 0 Å². The highest BCUT2D eigenvalue weighted by molar-refractivity contribution is 5.07. The standard InChI is InChI=1S/C7H12N2/c1-2-6-7(8-6)9-4-3-5(1)9/h5-8H,1-4H2. The predicted molar refractivity (Wildman–Crippen MR) is 35.1 cm³/mol. The Bertz CT molecular complexity index is 144. The summed E-state index contributed by atoms with van der Waals surface area (Å²) in [5.41, 5.74) is 0. The molecule has 0 bridgehead atoms. The molecule has 3 rings (SSSR count). The van der Waals surface area contributed by atoms with E-state index >= 15 is 0 Å². The zero-order valence-electron chi connectivity index (χ0n) is 5.51. The number of piperidine rings is 1. The summed E-state index contributed by atoms with van der Waals surface area (Å²) >= 11 is 0. The number of hydrogen-bond donors (Lipinski definition) is 1. The first-order valence-corrected chi connectivity index (χ1v) is 3.97. The zero-order chi connectivity index (χ0) is 5.84. The lowest BCUT2D eigenvalue weighted by atomic mass is 9.92. The lowest BCUT2D eigenvalue weighted by Gasteiger charge is -2.43. The van der Waals surface area contributed by atoms with Crippen molar-refractivity contribution in [3.8, 4) is 0 Å². The van der Waals surface area contributed by atoms with Gasteiger partial charge in [0, 0.05) is 18.6 Å². The Hall–Kier alpha value is -0.0800. The Kier molecular flexibility index (Phi) is 0.691. The smallest absolute Gasteiger partial charge is 0.0761 e.